The molecule has 4 rings (SSSR count). The van der Waals surface area contributed by atoms with Crippen molar-refractivity contribution >= 4 is 29.5 Å². The van der Waals surface area contributed by atoms with E-state index in [0.29, 0.717) is 15.7 Å². The predicted molar refractivity (Wildman–Crippen MR) is 121 cm³/mol. The summed E-state index contributed by atoms with van der Waals surface area (Å²) >= 11 is 11.7. The molecule has 4 nitrogen and oxygen atoms in total. The number of aromatic nitrogens is 3. The largest absolute Gasteiger partial charge is 0.496 e. The zero-order valence-electron chi connectivity index (χ0n) is 16.6. The number of ether oxygens (including phenoxy) is 1. The van der Waals surface area contributed by atoms with E-state index in [1.807, 2.05) is 28.8 Å². The maximum atomic E-state index is 6.24. The molecule has 0 radical (unpaired) electrons. The van der Waals surface area contributed by atoms with Crippen molar-refractivity contribution in [1.29, 1.82) is 0 Å². The minimum absolute atomic E-state index is 0.490. The number of hydrogen-bond donors (Lipinski definition) is 1. The van der Waals surface area contributed by atoms with Gasteiger partial charge in [0, 0.05) is 28.5 Å². The maximum absolute atomic E-state index is 6.24. The highest BCUT2D eigenvalue weighted by Gasteiger charge is 2.14. The molecule has 0 amide bonds. The zero-order chi connectivity index (χ0) is 20.5. The second kappa shape index (κ2) is 8.01. The smallest absolute Gasteiger partial charge is 0.205 e. The van der Waals surface area contributed by atoms with E-state index in [4.69, 9.17) is 28.6 Å². The first-order valence-corrected chi connectivity index (χ1v) is 10.3. The standard InChI is InChI=1S/C23H22ClN3OS/c1-14(2)10-15-4-6-16(7-5-15)20-13-27-22(26-20)19(12-25-23(27)29)18-11-17(24)8-9-21(18)28-3/h4-9,11-14,26H,10H2,1-3H3. The van der Waals surface area contributed by atoms with E-state index in [9.17, 15) is 0 Å². The molecule has 0 saturated carbocycles. The summed E-state index contributed by atoms with van der Waals surface area (Å²) in [5.74, 6) is 1.36. The van der Waals surface area contributed by atoms with Crippen LogP contribution in [0.4, 0.5) is 0 Å². The molecule has 0 aliphatic carbocycles. The molecule has 2 aromatic heterocycles. The molecule has 2 aromatic carbocycles. The van der Waals surface area contributed by atoms with Crippen molar-refractivity contribution in [3.05, 3.63) is 70.2 Å². The van der Waals surface area contributed by atoms with Crippen LogP contribution in [-0.2, 0) is 6.42 Å². The zero-order valence-corrected chi connectivity index (χ0v) is 18.1. The third kappa shape index (κ3) is 3.93. The van der Waals surface area contributed by atoms with Gasteiger partial charge in [-0.3, -0.25) is 4.40 Å². The van der Waals surface area contributed by atoms with E-state index in [-0.39, 0.29) is 0 Å². The monoisotopic (exact) mass is 423 g/mol. The van der Waals surface area contributed by atoms with Crippen molar-refractivity contribution in [3.8, 4) is 28.1 Å². The molecule has 29 heavy (non-hydrogen) atoms. The first-order valence-electron chi connectivity index (χ1n) is 9.50. The number of nitrogens with zero attached hydrogens (tertiary/aromatic N) is 2. The lowest BCUT2D eigenvalue weighted by molar-refractivity contribution is 0.416. The average molecular weight is 424 g/mol. The molecule has 6 heteroatoms. The molecule has 0 aliphatic heterocycles. The Morgan fingerprint density at radius 3 is 2.59 bits per heavy atom. The topological polar surface area (TPSA) is 42.3 Å². The number of benzene rings is 2. The van der Waals surface area contributed by atoms with Crippen LogP contribution in [0.5, 0.6) is 5.75 Å². The number of hydrogen-bond acceptors (Lipinski definition) is 3. The molecule has 0 bridgehead atoms. The summed E-state index contributed by atoms with van der Waals surface area (Å²) in [6, 6.07) is 14.2. The van der Waals surface area contributed by atoms with Gasteiger partial charge in [-0.25, -0.2) is 4.98 Å². The normalized spacial score (nSPS) is 11.3. The summed E-state index contributed by atoms with van der Waals surface area (Å²) in [7, 11) is 1.64. The van der Waals surface area contributed by atoms with Gasteiger partial charge in [-0.2, -0.15) is 0 Å². The van der Waals surface area contributed by atoms with Crippen LogP contribution in [0.3, 0.4) is 0 Å². The van der Waals surface area contributed by atoms with Gasteiger partial charge in [0.05, 0.1) is 12.8 Å². The van der Waals surface area contributed by atoms with Crippen molar-refractivity contribution in [1.82, 2.24) is 14.4 Å². The molecule has 0 saturated heterocycles. The summed E-state index contributed by atoms with van der Waals surface area (Å²) < 4.78 is 7.92. The Morgan fingerprint density at radius 2 is 1.90 bits per heavy atom. The summed E-state index contributed by atoms with van der Waals surface area (Å²) in [4.78, 5) is 7.91. The fourth-order valence-electron chi connectivity index (χ4n) is 3.53. The van der Waals surface area contributed by atoms with Gasteiger partial charge in [-0.15, -0.1) is 0 Å². The Labute approximate surface area is 180 Å². The van der Waals surface area contributed by atoms with Crippen LogP contribution >= 0.6 is 23.8 Å². The van der Waals surface area contributed by atoms with Gasteiger partial charge in [-0.1, -0.05) is 49.7 Å². The average Bonchev–Trinajstić information content (AvgIpc) is 3.15. The van der Waals surface area contributed by atoms with Crippen LogP contribution in [0.15, 0.2) is 54.9 Å². The van der Waals surface area contributed by atoms with E-state index < -0.39 is 0 Å². The predicted octanol–water partition coefficient (Wildman–Crippen LogP) is 6.59. The Hall–Kier alpha value is -2.63. The number of aromatic amines is 1. The summed E-state index contributed by atoms with van der Waals surface area (Å²) in [6.45, 7) is 4.46. The third-order valence-corrected chi connectivity index (χ3v) is 5.42. The number of rotatable bonds is 5. The van der Waals surface area contributed by atoms with Gasteiger partial charge in [0.1, 0.15) is 11.4 Å². The molecule has 2 heterocycles. The minimum atomic E-state index is 0.490. The number of fused-ring (bicyclic) bond motifs is 1. The number of halogens is 1. The third-order valence-electron chi connectivity index (χ3n) is 4.88. The molecule has 0 aliphatic rings. The molecule has 1 N–H and O–H groups in total. The van der Waals surface area contributed by atoms with Crippen LogP contribution in [0.2, 0.25) is 5.02 Å². The highest BCUT2D eigenvalue weighted by molar-refractivity contribution is 7.71. The van der Waals surface area contributed by atoms with Gasteiger partial charge >= 0.3 is 0 Å². The molecule has 0 fully saturated rings. The highest BCUT2D eigenvalue weighted by Crippen LogP contribution is 2.35. The molecule has 0 unspecified atom stereocenters. The van der Waals surface area contributed by atoms with Crippen LogP contribution in [-0.4, -0.2) is 21.5 Å². The molecule has 4 aromatic rings. The van der Waals surface area contributed by atoms with Crippen LogP contribution in [0.1, 0.15) is 19.4 Å². The van der Waals surface area contributed by atoms with E-state index in [2.05, 4.69) is 48.1 Å². The van der Waals surface area contributed by atoms with Gasteiger partial charge in [-0.05, 0) is 53.9 Å². The first-order chi connectivity index (χ1) is 14.0. The number of methoxy groups -OCH3 is 1. The minimum Gasteiger partial charge on any atom is -0.496 e. The Balaban J connectivity index is 1.85. The van der Waals surface area contributed by atoms with Crippen molar-refractivity contribution in [2.75, 3.05) is 7.11 Å². The fourth-order valence-corrected chi connectivity index (χ4v) is 3.90. The van der Waals surface area contributed by atoms with Crippen LogP contribution in [0, 0.1) is 10.7 Å². The van der Waals surface area contributed by atoms with Gasteiger partial charge in [0.15, 0.2) is 0 Å². The fraction of sp³-hybridized carbons (Fsp3) is 0.217. The van der Waals surface area contributed by atoms with E-state index in [1.54, 1.807) is 13.3 Å². The molecular formula is C23H22ClN3OS. The lowest BCUT2D eigenvalue weighted by Gasteiger charge is -2.10. The second-order valence-electron chi connectivity index (χ2n) is 7.48. The highest BCUT2D eigenvalue weighted by atomic mass is 35.5. The molecule has 148 valence electrons. The van der Waals surface area contributed by atoms with Gasteiger partial charge in [0.2, 0.25) is 4.77 Å². The molecule has 0 atom stereocenters. The van der Waals surface area contributed by atoms with Gasteiger partial charge in [0.25, 0.3) is 0 Å². The summed E-state index contributed by atoms with van der Waals surface area (Å²) in [5, 5.41) is 0.633. The van der Waals surface area contributed by atoms with Crippen molar-refractivity contribution in [2.24, 2.45) is 5.92 Å². The second-order valence-corrected chi connectivity index (χ2v) is 8.28. The number of H-pyrrole nitrogens is 1. The van der Waals surface area contributed by atoms with Crippen molar-refractivity contribution < 1.29 is 4.74 Å². The van der Waals surface area contributed by atoms with Gasteiger partial charge < -0.3 is 9.72 Å². The maximum Gasteiger partial charge on any atom is 0.205 e. The summed E-state index contributed by atoms with van der Waals surface area (Å²) in [6.07, 6.45) is 4.82. The Bertz CT molecular complexity index is 1230. The van der Waals surface area contributed by atoms with Crippen molar-refractivity contribution in [3.63, 3.8) is 0 Å². The molecule has 0 spiro atoms. The van der Waals surface area contributed by atoms with E-state index >= 15 is 0 Å². The SMILES string of the molecule is COc1ccc(Cl)cc1-c1cnc(=S)n2cc(-c3ccc(CC(C)C)cc3)[nH]c12. The van der Waals surface area contributed by atoms with Crippen LogP contribution < -0.4 is 4.74 Å². The number of imidazole rings is 1. The first kappa shape index (κ1) is 19.7. The Morgan fingerprint density at radius 1 is 1.14 bits per heavy atom. The van der Waals surface area contributed by atoms with E-state index in [1.165, 1.54) is 5.56 Å². The Kier molecular flexibility index (Phi) is 5.43. The number of nitrogens with one attached hydrogen (secondary N) is 1. The summed E-state index contributed by atoms with van der Waals surface area (Å²) in [5.41, 5.74) is 6.00. The quantitative estimate of drug-likeness (QED) is 0.368. The molecular weight excluding hydrogens is 402 g/mol. The van der Waals surface area contributed by atoms with Crippen LogP contribution in [0.25, 0.3) is 28.0 Å². The lowest BCUT2D eigenvalue weighted by Crippen LogP contribution is -1.95. The lowest BCUT2D eigenvalue weighted by atomic mass is 10.0. The van der Waals surface area contributed by atoms with Crippen molar-refractivity contribution in [2.45, 2.75) is 20.3 Å². The van der Waals surface area contributed by atoms with E-state index in [0.717, 1.165) is 40.2 Å².